The molecule has 4 fully saturated rings. The van der Waals surface area contributed by atoms with Crippen molar-refractivity contribution in [1.29, 1.82) is 0 Å². The van der Waals surface area contributed by atoms with E-state index in [1.54, 1.807) is 0 Å². The number of nitrogens with one attached hydrogen (secondary N) is 3. The number of amides is 2. The molecule has 3 atom stereocenters. The molecule has 0 spiro atoms. The third kappa shape index (κ3) is 4.15. The highest BCUT2D eigenvalue weighted by Crippen LogP contribution is 2.38. The molecule has 2 saturated heterocycles. The van der Waals surface area contributed by atoms with E-state index in [-0.39, 0.29) is 30.1 Å². The third-order valence-corrected chi connectivity index (χ3v) is 7.58. The summed E-state index contributed by atoms with van der Waals surface area (Å²) >= 11 is 0. The minimum absolute atomic E-state index is 0.0443. The van der Waals surface area contributed by atoms with Crippen LogP contribution in [0.3, 0.4) is 0 Å². The van der Waals surface area contributed by atoms with E-state index >= 15 is 0 Å². The summed E-state index contributed by atoms with van der Waals surface area (Å²) in [6.45, 7) is 2.77. The molecule has 1 aromatic carbocycles. The van der Waals surface area contributed by atoms with Gasteiger partial charge in [-0.1, -0.05) is 25.0 Å². The van der Waals surface area contributed by atoms with Gasteiger partial charge in [-0.2, -0.15) is 5.10 Å². The first-order valence-electron chi connectivity index (χ1n) is 12.3. The summed E-state index contributed by atoms with van der Waals surface area (Å²) in [5.41, 5.74) is 1.60. The number of hydrogen-bond donors (Lipinski definition) is 3. The number of carbonyl (C=O) groups excluding carboxylic acids is 2. The van der Waals surface area contributed by atoms with E-state index in [2.05, 4.69) is 30.7 Å². The van der Waals surface area contributed by atoms with Crippen molar-refractivity contribution in [2.75, 3.05) is 26.2 Å². The number of aromatic nitrogens is 3. The highest BCUT2D eigenvalue weighted by Gasteiger charge is 2.40. The smallest absolute Gasteiger partial charge is 0.253 e. The lowest BCUT2D eigenvalue weighted by molar-refractivity contribution is -0.134. The predicted octanol–water partition coefficient (Wildman–Crippen LogP) is 1.67. The van der Waals surface area contributed by atoms with Gasteiger partial charge in [-0.3, -0.25) is 24.9 Å². The third-order valence-electron chi connectivity index (χ3n) is 7.58. The lowest BCUT2D eigenvalue weighted by Crippen LogP contribution is -2.69. The molecule has 1 aromatic heterocycles. The summed E-state index contributed by atoms with van der Waals surface area (Å²) < 4.78 is 0. The Labute approximate surface area is 193 Å². The highest BCUT2D eigenvalue weighted by atomic mass is 16.2. The largest absolute Gasteiger partial charge is 0.336 e. The van der Waals surface area contributed by atoms with Crippen LogP contribution >= 0.6 is 0 Å². The highest BCUT2D eigenvalue weighted by molar-refractivity contribution is 5.94. The Morgan fingerprint density at radius 1 is 0.970 bits per heavy atom. The summed E-state index contributed by atoms with van der Waals surface area (Å²) in [4.78, 5) is 34.3. The second-order valence-electron chi connectivity index (χ2n) is 9.80. The van der Waals surface area contributed by atoms with Gasteiger partial charge in [0, 0.05) is 49.3 Å². The molecule has 174 valence electrons. The van der Waals surface area contributed by atoms with Crippen molar-refractivity contribution < 1.29 is 9.59 Å². The fourth-order valence-corrected chi connectivity index (χ4v) is 5.40. The Balaban J connectivity index is 1.05. The maximum Gasteiger partial charge on any atom is 0.253 e. The quantitative estimate of drug-likeness (QED) is 0.656. The standard InChI is InChI=1S/C24H31N7O2/c32-22-18-3-1-2-4-19(18)25-24(27-22)31-13-11-30(12-14-31)23(33)17-9-7-16(8-10-17)21-26-20(28-29-21)15-5-6-15/h7-10,15,18-19,24-25H,1-6,11-14H2,(H,27,32)(H,26,28,29). The number of hydrogen-bond acceptors (Lipinski definition) is 6. The molecule has 3 heterocycles. The number of nitrogens with zero attached hydrogens (tertiary/aromatic N) is 4. The van der Waals surface area contributed by atoms with E-state index in [1.807, 2.05) is 29.2 Å². The van der Waals surface area contributed by atoms with E-state index in [0.717, 1.165) is 43.7 Å². The van der Waals surface area contributed by atoms with Crippen LogP contribution in [0.2, 0.25) is 0 Å². The summed E-state index contributed by atoms with van der Waals surface area (Å²) in [5.74, 6) is 2.52. The van der Waals surface area contributed by atoms with Gasteiger partial charge in [-0.15, -0.1) is 0 Å². The van der Waals surface area contributed by atoms with Gasteiger partial charge in [0.2, 0.25) is 5.91 Å². The SMILES string of the molecule is O=C1NC(N2CCN(C(=O)c3ccc(-c4n[nH]c(C5CC5)n4)cc3)CC2)NC2CCCCC12. The zero-order valence-corrected chi connectivity index (χ0v) is 18.8. The van der Waals surface area contributed by atoms with Crippen LogP contribution in [0.5, 0.6) is 0 Å². The monoisotopic (exact) mass is 449 g/mol. The maximum absolute atomic E-state index is 13.1. The minimum atomic E-state index is -0.129. The molecule has 3 N–H and O–H groups in total. The zero-order chi connectivity index (χ0) is 22.4. The first kappa shape index (κ1) is 20.8. The summed E-state index contributed by atoms with van der Waals surface area (Å²) in [6.07, 6.45) is 6.61. The minimum Gasteiger partial charge on any atom is -0.336 e. The number of fused-ring (bicyclic) bond motifs is 1. The van der Waals surface area contributed by atoms with E-state index in [9.17, 15) is 9.59 Å². The second-order valence-corrected chi connectivity index (χ2v) is 9.80. The van der Waals surface area contributed by atoms with Crippen LogP contribution in [0.1, 0.15) is 60.6 Å². The first-order valence-corrected chi connectivity index (χ1v) is 12.3. The van der Waals surface area contributed by atoms with Crippen LogP contribution < -0.4 is 10.6 Å². The lowest BCUT2D eigenvalue weighted by Gasteiger charge is -2.46. The van der Waals surface area contributed by atoms with E-state index < -0.39 is 0 Å². The molecule has 2 aromatic rings. The van der Waals surface area contributed by atoms with Gasteiger partial charge < -0.3 is 10.2 Å². The summed E-state index contributed by atoms with van der Waals surface area (Å²) in [7, 11) is 0. The van der Waals surface area contributed by atoms with Crippen molar-refractivity contribution in [2.24, 2.45) is 5.92 Å². The molecule has 6 rings (SSSR count). The van der Waals surface area contributed by atoms with Gasteiger partial charge in [0.15, 0.2) is 5.82 Å². The van der Waals surface area contributed by atoms with Crippen molar-refractivity contribution >= 4 is 11.8 Å². The molecule has 0 bridgehead atoms. The van der Waals surface area contributed by atoms with Gasteiger partial charge in [-0.25, -0.2) is 4.98 Å². The molecule has 2 amide bonds. The van der Waals surface area contributed by atoms with Crippen molar-refractivity contribution in [3.8, 4) is 11.4 Å². The normalized spacial score (nSPS) is 28.3. The van der Waals surface area contributed by atoms with Crippen LogP contribution in [0, 0.1) is 5.92 Å². The van der Waals surface area contributed by atoms with Crippen LogP contribution in [-0.2, 0) is 4.79 Å². The molecule has 9 heteroatoms. The van der Waals surface area contributed by atoms with Crippen LogP contribution in [0.25, 0.3) is 11.4 Å². The van der Waals surface area contributed by atoms with Crippen molar-refractivity contribution in [3.05, 3.63) is 35.7 Å². The van der Waals surface area contributed by atoms with Crippen LogP contribution in [0.15, 0.2) is 24.3 Å². The van der Waals surface area contributed by atoms with Gasteiger partial charge >= 0.3 is 0 Å². The summed E-state index contributed by atoms with van der Waals surface area (Å²) in [5, 5.41) is 14.1. The molecule has 33 heavy (non-hydrogen) atoms. The molecule has 3 unspecified atom stereocenters. The molecular formula is C24H31N7O2. The average Bonchev–Trinajstić information content (AvgIpc) is 3.60. The van der Waals surface area contributed by atoms with Crippen molar-refractivity contribution in [2.45, 2.75) is 56.8 Å². The van der Waals surface area contributed by atoms with Gasteiger partial charge in [0.1, 0.15) is 12.1 Å². The molecule has 4 aliphatic rings. The van der Waals surface area contributed by atoms with Gasteiger partial charge in [0.05, 0.1) is 5.92 Å². The number of rotatable bonds is 4. The summed E-state index contributed by atoms with van der Waals surface area (Å²) in [6, 6.07) is 7.85. The average molecular weight is 450 g/mol. The molecule has 2 saturated carbocycles. The number of aromatic amines is 1. The Kier molecular flexibility index (Phi) is 5.38. The molecule has 2 aliphatic carbocycles. The van der Waals surface area contributed by atoms with Crippen LogP contribution in [-0.4, -0.2) is 75.3 Å². The molecular weight excluding hydrogens is 418 g/mol. The van der Waals surface area contributed by atoms with Crippen molar-refractivity contribution in [1.82, 2.24) is 35.6 Å². The number of carbonyl (C=O) groups is 2. The fraction of sp³-hybridized carbons (Fsp3) is 0.583. The topological polar surface area (TPSA) is 106 Å². The van der Waals surface area contributed by atoms with Gasteiger partial charge in [0.25, 0.3) is 5.91 Å². The predicted molar refractivity (Wildman–Crippen MR) is 122 cm³/mol. The Bertz CT molecular complexity index is 1020. The number of benzene rings is 1. The van der Waals surface area contributed by atoms with E-state index in [4.69, 9.17) is 0 Å². The lowest BCUT2D eigenvalue weighted by atomic mass is 9.82. The Morgan fingerprint density at radius 2 is 1.73 bits per heavy atom. The Hall–Kier alpha value is -2.78. The molecule has 9 nitrogen and oxygen atoms in total. The van der Waals surface area contributed by atoms with E-state index in [0.29, 0.717) is 30.4 Å². The van der Waals surface area contributed by atoms with E-state index in [1.165, 1.54) is 19.3 Å². The second kappa shape index (κ2) is 8.53. The molecule has 2 aliphatic heterocycles. The number of piperazine rings is 1. The maximum atomic E-state index is 13.1. The van der Waals surface area contributed by atoms with Crippen LogP contribution in [0.4, 0.5) is 0 Å². The van der Waals surface area contributed by atoms with Crippen molar-refractivity contribution in [3.63, 3.8) is 0 Å². The fourth-order valence-electron chi connectivity index (χ4n) is 5.40. The first-order chi connectivity index (χ1) is 16.2. The van der Waals surface area contributed by atoms with Gasteiger partial charge in [-0.05, 0) is 37.8 Å². The molecule has 0 radical (unpaired) electrons. The number of H-pyrrole nitrogens is 1. The zero-order valence-electron chi connectivity index (χ0n) is 18.8. The Morgan fingerprint density at radius 3 is 2.48 bits per heavy atom.